The molecule has 1 aromatic rings. The first kappa shape index (κ1) is 12.7. The van der Waals surface area contributed by atoms with Crippen LogP contribution in [0.2, 0.25) is 0 Å². The molecular formula is C13H18N2O3. The predicted molar refractivity (Wildman–Crippen MR) is 68.7 cm³/mol. The number of anilines is 1. The van der Waals surface area contributed by atoms with Gasteiger partial charge >= 0.3 is 0 Å². The van der Waals surface area contributed by atoms with Gasteiger partial charge in [0, 0.05) is 6.07 Å². The van der Waals surface area contributed by atoms with Gasteiger partial charge in [-0.15, -0.1) is 0 Å². The van der Waals surface area contributed by atoms with E-state index in [-0.39, 0.29) is 11.7 Å². The molecule has 4 N–H and O–H groups in total. The van der Waals surface area contributed by atoms with Gasteiger partial charge in [-0.2, -0.15) is 0 Å². The van der Waals surface area contributed by atoms with Crippen molar-refractivity contribution in [3.63, 3.8) is 0 Å². The van der Waals surface area contributed by atoms with Crippen molar-refractivity contribution in [3.8, 4) is 11.5 Å². The number of phenols is 1. The van der Waals surface area contributed by atoms with Crippen molar-refractivity contribution in [1.29, 1.82) is 0 Å². The van der Waals surface area contributed by atoms with Crippen LogP contribution in [0.4, 0.5) is 5.69 Å². The smallest absolute Gasteiger partial charge is 0.244 e. The maximum atomic E-state index is 12.1. The first-order valence-corrected chi connectivity index (χ1v) is 6.02. The summed E-state index contributed by atoms with van der Waals surface area (Å²) in [5.74, 6) is 0.329. The zero-order valence-corrected chi connectivity index (χ0v) is 10.4. The van der Waals surface area contributed by atoms with Gasteiger partial charge in [-0.25, -0.2) is 0 Å². The lowest BCUT2D eigenvalue weighted by Gasteiger charge is -2.22. The fraction of sp³-hybridized carbons (Fsp3) is 0.462. The van der Waals surface area contributed by atoms with Crippen molar-refractivity contribution < 1.29 is 14.6 Å². The number of amides is 1. The molecule has 0 radical (unpaired) electrons. The summed E-state index contributed by atoms with van der Waals surface area (Å²) >= 11 is 0. The highest BCUT2D eigenvalue weighted by molar-refractivity contribution is 5.99. The van der Waals surface area contributed by atoms with E-state index in [1.54, 1.807) is 12.1 Å². The average Bonchev–Trinajstić information content (AvgIpc) is 2.80. The Balaban J connectivity index is 2.16. The van der Waals surface area contributed by atoms with Crippen LogP contribution >= 0.6 is 0 Å². The number of ether oxygens (including phenoxy) is 1. The molecule has 1 aromatic carbocycles. The van der Waals surface area contributed by atoms with Gasteiger partial charge in [0.25, 0.3) is 0 Å². The number of hydrogen-bond acceptors (Lipinski definition) is 4. The molecule has 5 heteroatoms. The molecule has 0 unspecified atom stereocenters. The topological polar surface area (TPSA) is 84.6 Å². The third-order valence-corrected chi connectivity index (χ3v) is 3.40. The standard InChI is InChI=1S/C13H18N2O3/c1-18-9-4-5-11(16)10(8-9)15-12(17)13(14)6-2-3-7-13/h4-5,8,16H,2-3,6-7,14H2,1H3,(H,15,17). The van der Waals surface area contributed by atoms with Gasteiger partial charge in [0.2, 0.25) is 5.91 Å². The number of benzene rings is 1. The van der Waals surface area contributed by atoms with E-state index >= 15 is 0 Å². The average molecular weight is 250 g/mol. The number of methoxy groups -OCH3 is 1. The second kappa shape index (κ2) is 4.86. The van der Waals surface area contributed by atoms with Gasteiger partial charge in [-0.05, 0) is 25.0 Å². The minimum absolute atomic E-state index is 0.00532. The Labute approximate surface area is 106 Å². The Hall–Kier alpha value is -1.75. The molecule has 1 aliphatic carbocycles. The van der Waals surface area contributed by atoms with Gasteiger partial charge in [0.15, 0.2) is 0 Å². The lowest BCUT2D eigenvalue weighted by atomic mass is 9.98. The largest absolute Gasteiger partial charge is 0.506 e. The second-order valence-electron chi connectivity index (χ2n) is 4.70. The van der Waals surface area contributed by atoms with Crippen LogP contribution in [0.15, 0.2) is 18.2 Å². The highest BCUT2D eigenvalue weighted by atomic mass is 16.5. The Morgan fingerprint density at radius 3 is 2.72 bits per heavy atom. The van der Waals surface area contributed by atoms with E-state index in [4.69, 9.17) is 10.5 Å². The van der Waals surface area contributed by atoms with E-state index in [0.29, 0.717) is 24.3 Å². The number of carbonyl (C=O) groups is 1. The van der Waals surface area contributed by atoms with Gasteiger partial charge < -0.3 is 20.9 Å². The Morgan fingerprint density at radius 2 is 2.11 bits per heavy atom. The molecule has 0 bridgehead atoms. The van der Waals surface area contributed by atoms with Crippen molar-refractivity contribution in [2.24, 2.45) is 5.73 Å². The molecule has 1 fully saturated rings. The minimum atomic E-state index is -0.810. The van der Waals surface area contributed by atoms with Crippen LogP contribution < -0.4 is 15.8 Å². The summed E-state index contributed by atoms with van der Waals surface area (Å²) in [5.41, 5.74) is 5.57. The number of rotatable bonds is 3. The number of nitrogens with one attached hydrogen (secondary N) is 1. The zero-order chi connectivity index (χ0) is 13.2. The molecule has 2 rings (SSSR count). The number of aromatic hydroxyl groups is 1. The van der Waals surface area contributed by atoms with Crippen molar-refractivity contribution in [2.45, 2.75) is 31.2 Å². The monoisotopic (exact) mass is 250 g/mol. The van der Waals surface area contributed by atoms with Gasteiger partial charge in [-0.1, -0.05) is 12.8 Å². The van der Waals surface area contributed by atoms with Crippen LogP contribution in [-0.2, 0) is 4.79 Å². The molecule has 0 saturated heterocycles. The lowest BCUT2D eigenvalue weighted by Crippen LogP contribution is -2.48. The fourth-order valence-electron chi connectivity index (χ4n) is 2.22. The van der Waals surface area contributed by atoms with Crippen molar-refractivity contribution >= 4 is 11.6 Å². The second-order valence-corrected chi connectivity index (χ2v) is 4.70. The lowest BCUT2D eigenvalue weighted by molar-refractivity contribution is -0.121. The number of carbonyl (C=O) groups excluding carboxylic acids is 1. The number of nitrogens with two attached hydrogens (primary N) is 1. The van der Waals surface area contributed by atoms with E-state index in [1.807, 2.05) is 0 Å². The van der Waals surface area contributed by atoms with Crippen molar-refractivity contribution in [3.05, 3.63) is 18.2 Å². The van der Waals surface area contributed by atoms with E-state index in [2.05, 4.69) is 5.32 Å². The highest BCUT2D eigenvalue weighted by Gasteiger charge is 2.37. The summed E-state index contributed by atoms with van der Waals surface area (Å²) in [5, 5.41) is 12.4. The van der Waals surface area contributed by atoms with Crippen LogP contribution in [0.25, 0.3) is 0 Å². The minimum Gasteiger partial charge on any atom is -0.506 e. The summed E-state index contributed by atoms with van der Waals surface area (Å²) in [7, 11) is 1.53. The molecule has 5 nitrogen and oxygen atoms in total. The zero-order valence-electron chi connectivity index (χ0n) is 10.4. The molecule has 18 heavy (non-hydrogen) atoms. The maximum Gasteiger partial charge on any atom is 0.244 e. The van der Waals surface area contributed by atoms with Gasteiger partial charge in [0.1, 0.15) is 11.5 Å². The SMILES string of the molecule is COc1ccc(O)c(NC(=O)C2(N)CCCC2)c1. The Bertz CT molecular complexity index is 454. The first-order valence-electron chi connectivity index (χ1n) is 6.02. The van der Waals surface area contributed by atoms with E-state index in [1.165, 1.54) is 13.2 Å². The summed E-state index contributed by atoms with van der Waals surface area (Å²) in [4.78, 5) is 12.1. The van der Waals surface area contributed by atoms with Crippen LogP contribution in [0.1, 0.15) is 25.7 Å². The molecule has 1 aliphatic rings. The van der Waals surface area contributed by atoms with Crippen LogP contribution in [0.5, 0.6) is 11.5 Å². The quantitative estimate of drug-likeness (QED) is 0.711. The number of hydrogen-bond donors (Lipinski definition) is 3. The van der Waals surface area contributed by atoms with Crippen LogP contribution in [-0.4, -0.2) is 23.7 Å². The molecule has 1 amide bonds. The molecule has 0 aromatic heterocycles. The summed E-state index contributed by atoms with van der Waals surface area (Å²) < 4.78 is 5.05. The summed E-state index contributed by atoms with van der Waals surface area (Å²) in [6.07, 6.45) is 3.30. The summed E-state index contributed by atoms with van der Waals surface area (Å²) in [6, 6.07) is 4.68. The molecular weight excluding hydrogens is 232 g/mol. The fourth-order valence-corrected chi connectivity index (χ4v) is 2.22. The van der Waals surface area contributed by atoms with Gasteiger partial charge in [-0.3, -0.25) is 4.79 Å². The van der Waals surface area contributed by atoms with Crippen LogP contribution in [0, 0.1) is 0 Å². The van der Waals surface area contributed by atoms with Crippen LogP contribution in [0.3, 0.4) is 0 Å². The molecule has 98 valence electrons. The number of phenolic OH excluding ortho intramolecular Hbond substituents is 1. The molecule has 0 heterocycles. The summed E-state index contributed by atoms with van der Waals surface area (Å²) in [6.45, 7) is 0. The normalized spacial score (nSPS) is 17.4. The van der Waals surface area contributed by atoms with Crippen molar-refractivity contribution in [2.75, 3.05) is 12.4 Å². The van der Waals surface area contributed by atoms with E-state index in [0.717, 1.165) is 12.8 Å². The highest BCUT2D eigenvalue weighted by Crippen LogP contribution is 2.32. The van der Waals surface area contributed by atoms with Gasteiger partial charge in [0.05, 0.1) is 18.3 Å². The third-order valence-electron chi connectivity index (χ3n) is 3.40. The first-order chi connectivity index (χ1) is 8.55. The molecule has 0 spiro atoms. The Kier molecular flexibility index (Phi) is 3.43. The van der Waals surface area contributed by atoms with Crippen molar-refractivity contribution in [1.82, 2.24) is 0 Å². The molecule has 1 saturated carbocycles. The predicted octanol–water partition coefficient (Wildman–Crippen LogP) is 1.61. The maximum absolute atomic E-state index is 12.1. The van der Waals surface area contributed by atoms with E-state index in [9.17, 15) is 9.90 Å². The molecule has 0 aliphatic heterocycles. The van der Waals surface area contributed by atoms with E-state index < -0.39 is 5.54 Å². The Morgan fingerprint density at radius 1 is 1.44 bits per heavy atom. The molecule has 0 atom stereocenters. The third kappa shape index (κ3) is 2.41.